The van der Waals surface area contributed by atoms with Crippen LogP contribution in [0.5, 0.6) is 0 Å². The SMILES string of the molecule is CC(C)CCN1CCC(N2CCCC3(CCCN(Cc4ccccc4)C3)C2)CCC1=O. The van der Waals surface area contributed by atoms with Crippen molar-refractivity contribution in [3.8, 4) is 0 Å². The molecule has 3 heterocycles. The number of amides is 1. The highest BCUT2D eigenvalue weighted by molar-refractivity contribution is 5.76. The minimum atomic E-state index is 0.390. The Morgan fingerprint density at radius 1 is 1.00 bits per heavy atom. The van der Waals surface area contributed by atoms with E-state index in [-0.39, 0.29) is 0 Å². The van der Waals surface area contributed by atoms with Gasteiger partial charge in [0.1, 0.15) is 0 Å². The highest BCUT2D eigenvalue weighted by Crippen LogP contribution is 2.40. The minimum absolute atomic E-state index is 0.390. The molecule has 0 radical (unpaired) electrons. The van der Waals surface area contributed by atoms with Gasteiger partial charge >= 0.3 is 0 Å². The number of likely N-dealkylation sites (tertiary alicyclic amines) is 3. The summed E-state index contributed by atoms with van der Waals surface area (Å²) in [5.74, 6) is 1.06. The van der Waals surface area contributed by atoms with Gasteiger partial charge in [0.05, 0.1) is 0 Å². The molecule has 3 saturated heterocycles. The van der Waals surface area contributed by atoms with Gasteiger partial charge in [0, 0.05) is 45.2 Å². The van der Waals surface area contributed by atoms with E-state index in [2.05, 4.69) is 58.9 Å². The van der Waals surface area contributed by atoms with E-state index in [4.69, 9.17) is 0 Å². The second kappa shape index (κ2) is 10.5. The van der Waals surface area contributed by atoms with E-state index in [1.54, 1.807) is 0 Å². The largest absolute Gasteiger partial charge is 0.343 e. The van der Waals surface area contributed by atoms with Gasteiger partial charge in [-0.25, -0.2) is 0 Å². The molecule has 3 aliphatic heterocycles. The minimum Gasteiger partial charge on any atom is -0.343 e. The van der Waals surface area contributed by atoms with Gasteiger partial charge in [-0.2, -0.15) is 0 Å². The number of rotatable bonds is 6. The van der Waals surface area contributed by atoms with E-state index in [0.29, 0.717) is 23.3 Å². The summed E-state index contributed by atoms with van der Waals surface area (Å²) in [6.45, 7) is 12.4. The molecule has 172 valence electrons. The Hall–Kier alpha value is -1.39. The summed E-state index contributed by atoms with van der Waals surface area (Å²) in [7, 11) is 0. The number of piperidine rings is 2. The van der Waals surface area contributed by atoms with E-state index in [0.717, 1.165) is 45.3 Å². The monoisotopic (exact) mass is 425 g/mol. The first-order valence-electron chi connectivity index (χ1n) is 12.8. The Labute approximate surface area is 190 Å². The molecule has 3 aliphatic rings. The third kappa shape index (κ3) is 6.10. The summed E-state index contributed by atoms with van der Waals surface area (Å²) in [5.41, 5.74) is 1.90. The molecule has 4 nitrogen and oxygen atoms in total. The summed E-state index contributed by atoms with van der Waals surface area (Å²) in [4.78, 5) is 20.3. The number of hydrogen-bond acceptors (Lipinski definition) is 3. The van der Waals surface area contributed by atoms with Crippen LogP contribution in [-0.2, 0) is 11.3 Å². The maximum Gasteiger partial charge on any atom is 0.222 e. The van der Waals surface area contributed by atoms with Gasteiger partial charge in [-0.3, -0.25) is 14.6 Å². The second-order valence-electron chi connectivity index (χ2n) is 10.9. The lowest BCUT2D eigenvalue weighted by atomic mass is 9.73. The van der Waals surface area contributed by atoms with Crippen molar-refractivity contribution in [3.63, 3.8) is 0 Å². The van der Waals surface area contributed by atoms with Crippen molar-refractivity contribution in [1.82, 2.24) is 14.7 Å². The van der Waals surface area contributed by atoms with Gasteiger partial charge in [0.15, 0.2) is 0 Å². The van der Waals surface area contributed by atoms with Crippen LogP contribution in [0, 0.1) is 11.3 Å². The molecule has 0 saturated carbocycles. The first-order chi connectivity index (χ1) is 15.0. The smallest absolute Gasteiger partial charge is 0.222 e. The molecule has 0 aliphatic carbocycles. The summed E-state index contributed by atoms with van der Waals surface area (Å²) in [6, 6.07) is 11.6. The summed E-state index contributed by atoms with van der Waals surface area (Å²) >= 11 is 0. The summed E-state index contributed by atoms with van der Waals surface area (Å²) < 4.78 is 0. The fraction of sp³-hybridized carbons (Fsp3) is 0.741. The van der Waals surface area contributed by atoms with Crippen LogP contribution in [0.15, 0.2) is 30.3 Å². The molecule has 1 aromatic rings. The van der Waals surface area contributed by atoms with Gasteiger partial charge in [-0.05, 0) is 74.9 Å². The molecule has 0 aromatic heterocycles. The lowest BCUT2D eigenvalue weighted by Crippen LogP contribution is -2.54. The lowest BCUT2D eigenvalue weighted by molar-refractivity contribution is -0.130. The van der Waals surface area contributed by atoms with E-state index in [9.17, 15) is 4.79 Å². The van der Waals surface area contributed by atoms with Crippen molar-refractivity contribution in [2.75, 3.05) is 39.3 Å². The van der Waals surface area contributed by atoms with Crippen LogP contribution in [0.4, 0.5) is 0 Å². The molecule has 0 bridgehead atoms. The van der Waals surface area contributed by atoms with E-state index in [1.165, 1.54) is 57.4 Å². The van der Waals surface area contributed by atoms with Gasteiger partial charge in [-0.15, -0.1) is 0 Å². The van der Waals surface area contributed by atoms with E-state index < -0.39 is 0 Å². The van der Waals surface area contributed by atoms with Crippen molar-refractivity contribution < 1.29 is 4.79 Å². The second-order valence-corrected chi connectivity index (χ2v) is 10.9. The zero-order valence-electron chi connectivity index (χ0n) is 19.9. The Balaban J connectivity index is 1.35. The molecule has 2 unspecified atom stereocenters. The van der Waals surface area contributed by atoms with Crippen LogP contribution in [0.3, 0.4) is 0 Å². The zero-order chi connectivity index (χ0) is 21.7. The average molecular weight is 426 g/mol. The normalized spacial score (nSPS) is 28.9. The molecular formula is C27H43N3O. The van der Waals surface area contributed by atoms with Crippen LogP contribution in [0.25, 0.3) is 0 Å². The van der Waals surface area contributed by atoms with Crippen molar-refractivity contribution in [2.45, 2.75) is 77.8 Å². The number of carbonyl (C=O) groups excluding carboxylic acids is 1. The van der Waals surface area contributed by atoms with Crippen molar-refractivity contribution in [3.05, 3.63) is 35.9 Å². The van der Waals surface area contributed by atoms with E-state index >= 15 is 0 Å². The molecule has 1 spiro atoms. The zero-order valence-corrected chi connectivity index (χ0v) is 19.9. The topological polar surface area (TPSA) is 26.8 Å². The van der Waals surface area contributed by atoms with Crippen LogP contribution < -0.4 is 0 Å². The predicted molar refractivity (Wildman–Crippen MR) is 128 cm³/mol. The number of carbonyl (C=O) groups is 1. The molecule has 0 N–H and O–H groups in total. The van der Waals surface area contributed by atoms with Crippen LogP contribution in [0.2, 0.25) is 0 Å². The van der Waals surface area contributed by atoms with Crippen LogP contribution >= 0.6 is 0 Å². The quantitative estimate of drug-likeness (QED) is 0.655. The van der Waals surface area contributed by atoms with Gasteiger partial charge in [-0.1, -0.05) is 44.2 Å². The molecule has 1 aromatic carbocycles. The third-order valence-electron chi connectivity index (χ3n) is 7.95. The molecule has 4 heteroatoms. The Kier molecular flexibility index (Phi) is 7.71. The van der Waals surface area contributed by atoms with Crippen molar-refractivity contribution >= 4 is 5.91 Å². The fourth-order valence-corrected chi connectivity index (χ4v) is 6.22. The third-order valence-corrected chi connectivity index (χ3v) is 7.95. The van der Waals surface area contributed by atoms with E-state index in [1.807, 2.05) is 0 Å². The highest BCUT2D eigenvalue weighted by atomic mass is 16.2. The summed E-state index contributed by atoms with van der Waals surface area (Å²) in [5, 5.41) is 0. The van der Waals surface area contributed by atoms with Gasteiger partial charge < -0.3 is 4.90 Å². The van der Waals surface area contributed by atoms with Crippen molar-refractivity contribution in [1.29, 1.82) is 0 Å². The fourth-order valence-electron chi connectivity index (χ4n) is 6.22. The predicted octanol–water partition coefficient (Wildman–Crippen LogP) is 4.79. The Morgan fingerprint density at radius 3 is 2.55 bits per heavy atom. The number of benzene rings is 1. The average Bonchev–Trinajstić information content (AvgIpc) is 2.94. The maximum atomic E-state index is 12.7. The van der Waals surface area contributed by atoms with Crippen molar-refractivity contribution in [2.24, 2.45) is 11.3 Å². The molecule has 1 amide bonds. The highest BCUT2D eigenvalue weighted by Gasteiger charge is 2.41. The first-order valence-corrected chi connectivity index (χ1v) is 12.8. The summed E-state index contributed by atoms with van der Waals surface area (Å²) in [6.07, 6.45) is 9.48. The van der Waals surface area contributed by atoms with Gasteiger partial charge in [0.25, 0.3) is 0 Å². The molecular weight excluding hydrogens is 382 g/mol. The first kappa shape index (κ1) is 22.8. The number of hydrogen-bond donors (Lipinski definition) is 0. The number of nitrogens with zero attached hydrogens (tertiary/aromatic N) is 3. The van der Waals surface area contributed by atoms with Gasteiger partial charge in [0.2, 0.25) is 5.91 Å². The molecule has 4 rings (SSSR count). The standard InChI is InChI=1S/C27H43N3O/c1-23(2)12-18-29-19-13-25(10-11-26(29)31)30-17-7-15-27(22-30)14-6-16-28(21-27)20-24-8-4-3-5-9-24/h3-5,8-9,23,25H,6-7,10-22H2,1-2H3. The molecule has 3 fully saturated rings. The Morgan fingerprint density at radius 2 is 1.77 bits per heavy atom. The lowest BCUT2D eigenvalue weighted by Gasteiger charge is -2.50. The van der Waals surface area contributed by atoms with Crippen LogP contribution in [-0.4, -0.2) is 65.9 Å². The molecule has 2 atom stereocenters. The maximum absolute atomic E-state index is 12.7. The Bertz CT molecular complexity index is 702. The van der Waals surface area contributed by atoms with Crippen LogP contribution in [0.1, 0.15) is 70.8 Å². The molecule has 31 heavy (non-hydrogen) atoms.